The summed E-state index contributed by atoms with van der Waals surface area (Å²) in [4.78, 5) is 0.131. The first-order valence-corrected chi connectivity index (χ1v) is 11.3. The van der Waals surface area contributed by atoms with Crippen LogP contribution in [0, 0.1) is 0 Å². The lowest BCUT2D eigenvalue weighted by Gasteiger charge is -2.37. The average Bonchev–Trinajstić information content (AvgIpc) is 2.59. The van der Waals surface area contributed by atoms with Gasteiger partial charge in [-0.2, -0.15) is 4.31 Å². The highest BCUT2D eigenvalue weighted by Crippen LogP contribution is 2.32. The summed E-state index contributed by atoms with van der Waals surface area (Å²) in [6, 6.07) is 10.1. The van der Waals surface area contributed by atoms with Gasteiger partial charge in [0, 0.05) is 13.1 Å². The van der Waals surface area contributed by atoms with Crippen molar-refractivity contribution in [1.29, 1.82) is 0 Å². The van der Waals surface area contributed by atoms with Gasteiger partial charge in [-0.1, -0.05) is 11.6 Å². The number of ether oxygens (including phenoxy) is 2. The summed E-state index contributed by atoms with van der Waals surface area (Å²) in [5, 5.41) is -0.629. The number of halogens is 1. The van der Waals surface area contributed by atoms with Gasteiger partial charge in [-0.3, -0.25) is 0 Å². The van der Waals surface area contributed by atoms with E-state index in [1.165, 1.54) is 44.6 Å². The third-order valence-electron chi connectivity index (χ3n) is 4.40. The molecule has 0 aliphatic carbocycles. The molecular formula is C17H18ClNO6S2. The fourth-order valence-corrected chi connectivity index (χ4v) is 6.43. The molecule has 0 unspecified atom stereocenters. The summed E-state index contributed by atoms with van der Waals surface area (Å²) < 4.78 is 61.8. The van der Waals surface area contributed by atoms with Gasteiger partial charge >= 0.3 is 0 Å². The third kappa shape index (κ3) is 3.64. The summed E-state index contributed by atoms with van der Waals surface area (Å²) in [6.07, 6.45) is 0. The van der Waals surface area contributed by atoms with E-state index >= 15 is 0 Å². The minimum absolute atomic E-state index is 0.00593. The van der Waals surface area contributed by atoms with E-state index in [4.69, 9.17) is 21.1 Å². The second kappa shape index (κ2) is 7.31. The van der Waals surface area contributed by atoms with Crippen molar-refractivity contribution in [3.05, 3.63) is 47.5 Å². The monoisotopic (exact) mass is 431 g/mol. The molecule has 10 heteroatoms. The molecule has 0 aromatic heterocycles. The van der Waals surface area contributed by atoms with Crippen molar-refractivity contribution in [2.24, 2.45) is 0 Å². The number of benzene rings is 2. The summed E-state index contributed by atoms with van der Waals surface area (Å²) in [5.74, 6) is 0.905. The van der Waals surface area contributed by atoms with Crippen molar-refractivity contribution in [3.8, 4) is 11.5 Å². The van der Waals surface area contributed by atoms with E-state index in [1.807, 2.05) is 0 Å². The first-order chi connectivity index (χ1) is 12.7. The Bertz CT molecular complexity index is 1050. The standard InChI is InChI=1S/C17H18ClNO6S2/c1-24-12-3-5-13(6-4-12)26(20,21)15-10-19(11-15)27(22,23)14-7-8-17(25-2)16(18)9-14/h3-9,15H,10-11H2,1-2H3. The molecule has 146 valence electrons. The number of hydrogen-bond acceptors (Lipinski definition) is 6. The summed E-state index contributed by atoms with van der Waals surface area (Å²) in [7, 11) is -4.54. The Morgan fingerprint density at radius 3 is 2.04 bits per heavy atom. The highest BCUT2D eigenvalue weighted by atomic mass is 35.5. The molecule has 3 rings (SSSR count). The molecule has 0 N–H and O–H groups in total. The number of sulfonamides is 1. The molecule has 2 aromatic rings. The van der Waals surface area contributed by atoms with E-state index in [0.29, 0.717) is 11.5 Å². The van der Waals surface area contributed by atoms with Crippen molar-refractivity contribution in [2.45, 2.75) is 15.0 Å². The lowest BCUT2D eigenvalue weighted by molar-refractivity contribution is 0.309. The van der Waals surface area contributed by atoms with Gasteiger partial charge < -0.3 is 9.47 Å². The zero-order valence-electron chi connectivity index (χ0n) is 14.6. The smallest absolute Gasteiger partial charge is 0.243 e. The van der Waals surface area contributed by atoms with Crippen LogP contribution >= 0.6 is 11.6 Å². The van der Waals surface area contributed by atoms with Crippen LogP contribution in [-0.2, 0) is 19.9 Å². The lowest BCUT2D eigenvalue weighted by Crippen LogP contribution is -2.56. The van der Waals surface area contributed by atoms with Crippen LogP contribution in [0.1, 0.15) is 0 Å². The molecule has 0 bridgehead atoms. The minimum Gasteiger partial charge on any atom is -0.497 e. The van der Waals surface area contributed by atoms with Crippen LogP contribution in [0.2, 0.25) is 5.02 Å². The molecular weight excluding hydrogens is 414 g/mol. The number of methoxy groups -OCH3 is 2. The van der Waals surface area contributed by atoms with Crippen molar-refractivity contribution in [1.82, 2.24) is 4.31 Å². The van der Waals surface area contributed by atoms with E-state index in [9.17, 15) is 16.8 Å². The van der Waals surface area contributed by atoms with E-state index in [-0.39, 0.29) is 27.9 Å². The molecule has 27 heavy (non-hydrogen) atoms. The highest BCUT2D eigenvalue weighted by molar-refractivity contribution is 7.92. The van der Waals surface area contributed by atoms with Gasteiger partial charge in [0.05, 0.1) is 34.3 Å². The maximum absolute atomic E-state index is 12.7. The van der Waals surface area contributed by atoms with Crippen LogP contribution in [0.3, 0.4) is 0 Å². The Kier molecular flexibility index (Phi) is 5.40. The topological polar surface area (TPSA) is 90.0 Å². The average molecular weight is 432 g/mol. The first-order valence-electron chi connectivity index (χ1n) is 7.92. The Labute approximate surface area is 163 Å². The van der Waals surface area contributed by atoms with Crippen molar-refractivity contribution in [2.75, 3.05) is 27.3 Å². The maximum atomic E-state index is 12.7. The molecule has 0 atom stereocenters. The highest BCUT2D eigenvalue weighted by Gasteiger charge is 2.44. The van der Waals surface area contributed by atoms with Gasteiger partial charge in [0.1, 0.15) is 11.5 Å². The predicted molar refractivity (Wildman–Crippen MR) is 101 cm³/mol. The molecule has 0 radical (unpaired) electrons. The summed E-state index contributed by atoms with van der Waals surface area (Å²) in [5.41, 5.74) is 0. The van der Waals surface area contributed by atoms with Crippen LogP contribution in [-0.4, -0.2) is 53.7 Å². The Morgan fingerprint density at radius 1 is 0.926 bits per heavy atom. The van der Waals surface area contributed by atoms with Gasteiger partial charge in [-0.05, 0) is 42.5 Å². The number of rotatable bonds is 6. The fourth-order valence-electron chi connectivity index (χ4n) is 2.71. The largest absolute Gasteiger partial charge is 0.497 e. The second-order valence-electron chi connectivity index (χ2n) is 5.96. The number of sulfone groups is 1. The van der Waals surface area contributed by atoms with Gasteiger partial charge in [-0.25, -0.2) is 16.8 Å². The molecule has 1 aliphatic rings. The summed E-state index contributed by atoms with van der Waals surface area (Å²) >= 11 is 5.99. The fraction of sp³-hybridized carbons (Fsp3) is 0.294. The lowest BCUT2D eigenvalue weighted by atomic mass is 10.3. The van der Waals surface area contributed by atoms with Crippen LogP contribution < -0.4 is 9.47 Å². The second-order valence-corrected chi connectivity index (χ2v) is 10.5. The van der Waals surface area contributed by atoms with Crippen LogP contribution in [0.25, 0.3) is 0 Å². The predicted octanol–water partition coefficient (Wildman–Crippen LogP) is 2.20. The SMILES string of the molecule is COc1ccc(S(=O)(=O)C2CN(S(=O)(=O)c3ccc(OC)c(Cl)c3)C2)cc1. The van der Waals surface area contributed by atoms with Crippen molar-refractivity contribution >= 4 is 31.5 Å². The first kappa shape index (κ1) is 19.9. The van der Waals surface area contributed by atoms with E-state index < -0.39 is 25.1 Å². The zero-order valence-corrected chi connectivity index (χ0v) is 17.0. The van der Waals surface area contributed by atoms with Crippen LogP contribution in [0.4, 0.5) is 0 Å². The molecule has 1 fully saturated rings. The van der Waals surface area contributed by atoms with Crippen LogP contribution in [0.15, 0.2) is 52.3 Å². The molecule has 0 amide bonds. The number of nitrogens with zero attached hydrogens (tertiary/aromatic N) is 1. The van der Waals surface area contributed by atoms with Crippen molar-refractivity contribution in [3.63, 3.8) is 0 Å². The Hall–Kier alpha value is -1.81. The molecule has 7 nitrogen and oxygen atoms in total. The van der Waals surface area contributed by atoms with E-state index in [2.05, 4.69) is 0 Å². The molecule has 2 aromatic carbocycles. The summed E-state index contributed by atoms with van der Waals surface area (Å²) in [6.45, 7) is -0.222. The zero-order chi connectivity index (χ0) is 19.8. The minimum atomic E-state index is -3.83. The van der Waals surface area contributed by atoms with E-state index in [1.54, 1.807) is 12.1 Å². The third-order valence-corrected chi connectivity index (χ3v) is 8.63. The van der Waals surface area contributed by atoms with Gasteiger partial charge in [0.15, 0.2) is 9.84 Å². The van der Waals surface area contributed by atoms with E-state index in [0.717, 1.165) is 4.31 Å². The Morgan fingerprint density at radius 2 is 1.52 bits per heavy atom. The molecule has 1 saturated heterocycles. The molecule has 1 aliphatic heterocycles. The maximum Gasteiger partial charge on any atom is 0.243 e. The molecule has 1 heterocycles. The Balaban J connectivity index is 1.76. The van der Waals surface area contributed by atoms with Gasteiger partial charge in [0.2, 0.25) is 10.0 Å². The van der Waals surface area contributed by atoms with Gasteiger partial charge in [0.25, 0.3) is 0 Å². The quantitative estimate of drug-likeness (QED) is 0.696. The normalized spacial score (nSPS) is 16.0. The van der Waals surface area contributed by atoms with Gasteiger partial charge in [-0.15, -0.1) is 0 Å². The van der Waals surface area contributed by atoms with Crippen molar-refractivity contribution < 1.29 is 26.3 Å². The number of hydrogen-bond donors (Lipinski definition) is 0. The molecule has 0 spiro atoms. The molecule has 0 saturated carbocycles. The van der Waals surface area contributed by atoms with Crippen LogP contribution in [0.5, 0.6) is 11.5 Å².